The molecule has 1 saturated heterocycles. The molecule has 8 nitrogen and oxygen atoms in total. The fourth-order valence-electron chi connectivity index (χ4n) is 5.47. The lowest BCUT2D eigenvalue weighted by Crippen LogP contribution is -2.37. The Kier molecular flexibility index (Phi) is 4.82. The number of para-hydroxylation sites is 2. The van der Waals surface area contributed by atoms with E-state index in [-0.39, 0.29) is 11.9 Å². The van der Waals surface area contributed by atoms with E-state index in [1.165, 1.54) is 0 Å². The molecule has 6 aromatic rings. The van der Waals surface area contributed by atoms with Crippen molar-refractivity contribution in [1.29, 1.82) is 0 Å². The minimum atomic E-state index is 0.129. The van der Waals surface area contributed by atoms with Crippen molar-refractivity contribution < 1.29 is 13.6 Å². The van der Waals surface area contributed by atoms with Crippen LogP contribution in [0, 0.1) is 0 Å². The number of amides is 1. The number of anilines is 1. The van der Waals surface area contributed by atoms with Crippen molar-refractivity contribution >= 4 is 44.6 Å². The van der Waals surface area contributed by atoms with E-state index in [9.17, 15) is 4.79 Å². The molecule has 0 unspecified atom stereocenters. The summed E-state index contributed by atoms with van der Waals surface area (Å²) in [6.45, 7) is 3.13. The van der Waals surface area contributed by atoms with Crippen LogP contribution in [0.15, 0.2) is 76.0 Å². The van der Waals surface area contributed by atoms with Crippen molar-refractivity contribution in [1.82, 2.24) is 19.7 Å². The van der Waals surface area contributed by atoms with Crippen molar-refractivity contribution in [2.45, 2.75) is 25.8 Å². The summed E-state index contributed by atoms with van der Waals surface area (Å²) < 4.78 is 14.5. The quantitative estimate of drug-likeness (QED) is 0.325. The molecule has 5 heterocycles. The first kappa shape index (κ1) is 21.7. The summed E-state index contributed by atoms with van der Waals surface area (Å²) in [5.74, 6) is 1.14. The summed E-state index contributed by atoms with van der Waals surface area (Å²) in [5, 5.41) is 7.64. The third-order valence-corrected chi connectivity index (χ3v) is 7.45. The predicted molar refractivity (Wildman–Crippen MR) is 143 cm³/mol. The van der Waals surface area contributed by atoms with Crippen LogP contribution in [0.3, 0.4) is 0 Å². The Hall–Kier alpha value is -4.59. The average molecular weight is 492 g/mol. The minimum absolute atomic E-state index is 0.129. The lowest BCUT2D eigenvalue weighted by molar-refractivity contribution is -0.130. The number of piperidine rings is 1. The lowest BCUT2D eigenvalue weighted by atomic mass is 10.0. The molecule has 0 spiro atoms. The summed E-state index contributed by atoms with van der Waals surface area (Å²) >= 11 is 0. The molecule has 1 fully saturated rings. The van der Waals surface area contributed by atoms with E-state index in [0.29, 0.717) is 17.2 Å². The SMILES string of the molecule is CC(=O)N1CCC(n2cc(-c3cnc(N)c4oc(-c5cccc6c5oc5ccccc56)cc34)cn2)CC1. The summed E-state index contributed by atoms with van der Waals surface area (Å²) in [5.41, 5.74) is 11.1. The van der Waals surface area contributed by atoms with Gasteiger partial charge in [-0.15, -0.1) is 0 Å². The van der Waals surface area contributed by atoms with Gasteiger partial charge in [0.25, 0.3) is 0 Å². The van der Waals surface area contributed by atoms with Gasteiger partial charge in [-0.05, 0) is 31.0 Å². The van der Waals surface area contributed by atoms with Gasteiger partial charge in [-0.3, -0.25) is 9.48 Å². The number of aromatic nitrogens is 3. The molecular weight excluding hydrogens is 466 g/mol. The first-order chi connectivity index (χ1) is 18.1. The van der Waals surface area contributed by atoms with Gasteiger partial charge in [-0.25, -0.2) is 4.98 Å². The van der Waals surface area contributed by atoms with Gasteiger partial charge in [0, 0.05) is 59.7 Å². The minimum Gasteiger partial charge on any atom is -0.455 e. The predicted octanol–water partition coefficient (Wildman–Crippen LogP) is 6.02. The summed E-state index contributed by atoms with van der Waals surface area (Å²) in [6.07, 6.45) is 7.45. The number of nitrogen functional groups attached to an aromatic ring is 1. The molecular formula is C29H25N5O3. The number of rotatable bonds is 3. The van der Waals surface area contributed by atoms with E-state index in [0.717, 1.165) is 69.9 Å². The fourth-order valence-corrected chi connectivity index (χ4v) is 5.47. The molecule has 0 bridgehead atoms. The molecule has 37 heavy (non-hydrogen) atoms. The Morgan fingerprint density at radius 2 is 1.76 bits per heavy atom. The van der Waals surface area contributed by atoms with Gasteiger partial charge < -0.3 is 19.5 Å². The standard InChI is InChI=1S/C29H25N5O3/c1-17(35)33-11-9-19(10-12-33)34-16-18(14-32-34)24-15-31-29(30)28-23(24)13-26(37-28)22-7-4-6-21-20-5-2-3-8-25(20)36-27(21)22/h2-8,13-16,19H,9-12H2,1H3,(H2,30,31). The smallest absolute Gasteiger partial charge is 0.219 e. The van der Waals surface area contributed by atoms with Crippen LogP contribution in [0.5, 0.6) is 0 Å². The van der Waals surface area contributed by atoms with Crippen molar-refractivity contribution in [2.24, 2.45) is 0 Å². The number of hydrogen-bond acceptors (Lipinski definition) is 6. The van der Waals surface area contributed by atoms with Gasteiger partial charge in [0.05, 0.1) is 17.8 Å². The van der Waals surface area contributed by atoms with E-state index < -0.39 is 0 Å². The first-order valence-corrected chi connectivity index (χ1v) is 12.5. The molecule has 1 aliphatic rings. The maximum Gasteiger partial charge on any atom is 0.219 e. The number of hydrogen-bond donors (Lipinski definition) is 1. The fraction of sp³-hybridized carbons (Fsp3) is 0.207. The first-order valence-electron chi connectivity index (χ1n) is 12.5. The molecule has 1 aliphatic heterocycles. The van der Waals surface area contributed by atoms with E-state index in [1.807, 2.05) is 58.4 Å². The molecule has 8 heteroatoms. The number of nitrogens with zero attached hydrogens (tertiary/aromatic N) is 4. The second-order valence-electron chi connectivity index (χ2n) is 9.64. The van der Waals surface area contributed by atoms with Crippen molar-refractivity contribution in [2.75, 3.05) is 18.8 Å². The molecule has 2 N–H and O–H groups in total. The second kappa shape index (κ2) is 8.23. The highest BCUT2D eigenvalue weighted by Crippen LogP contribution is 2.41. The maximum absolute atomic E-state index is 11.7. The van der Waals surface area contributed by atoms with Gasteiger partial charge in [0.1, 0.15) is 16.9 Å². The number of nitrogens with two attached hydrogens (primary N) is 1. The van der Waals surface area contributed by atoms with Crippen molar-refractivity contribution in [3.05, 3.63) is 67.1 Å². The van der Waals surface area contributed by atoms with E-state index in [4.69, 9.17) is 14.6 Å². The van der Waals surface area contributed by atoms with E-state index in [1.54, 1.807) is 13.1 Å². The average Bonchev–Trinajstić information content (AvgIpc) is 3.66. The van der Waals surface area contributed by atoms with E-state index >= 15 is 0 Å². The van der Waals surface area contributed by atoms with Gasteiger partial charge in [0.2, 0.25) is 5.91 Å². The number of fused-ring (bicyclic) bond motifs is 4. The highest BCUT2D eigenvalue weighted by molar-refractivity contribution is 6.10. The second-order valence-corrected chi connectivity index (χ2v) is 9.64. The molecule has 1 amide bonds. The number of carbonyl (C=O) groups excluding carboxylic acids is 1. The highest BCUT2D eigenvalue weighted by atomic mass is 16.3. The molecule has 0 atom stereocenters. The third kappa shape index (κ3) is 3.48. The summed E-state index contributed by atoms with van der Waals surface area (Å²) in [7, 11) is 0. The lowest BCUT2D eigenvalue weighted by Gasteiger charge is -2.31. The molecule has 2 aromatic carbocycles. The number of furan rings is 2. The number of likely N-dealkylation sites (tertiary alicyclic amines) is 1. The Balaban J connectivity index is 1.29. The Labute approximate surface area is 212 Å². The molecule has 7 rings (SSSR count). The van der Waals surface area contributed by atoms with Gasteiger partial charge in [0.15, 0.2) is 11.4 Å². The largest absolute Gasteiger partial charge is 0.455 e. The molecule has 184 valence electrons. The Bertz CT molecular complexity index is 1800. The maximum atomic E-state index is 11.7. The van der Waals surface area contributed by atoms with Crippen molar-refractivity contribution in [3.63, 3.8) is 0 Å². The van der Waals surface area contributed by atoms with Crippen LogP contribution in [0.1, 0.15) is 25.8 Å². The number of carbonyl (C=O) groups is 1. The zero-order valence-corrected chi connectivity index (χ0v) is 20.3. The van der Waals surface area contributed by atoms with E-state index in [2.05, 4.69) is 22.2 Å². The summed E-state index contributed by atoms with van der Waals surface area (Å²) in [4.78, 5) is 18.0. The number of benzene rings is 2. The van der Waals surface area contributed by atoms with Crippen LogP contribution in [0.2, 0.25) is 0 Å². The zero-order chi connectivity index (χ0) is 25.1. The van der Waals surface area contributed by atoms with Crippen LogP contribution >= 0.6 is 0 Å². The number of pyridine rings is 1. The van der Waals surface area contributed by atoms with Crippen LogP contribution in [-0.4, -0.2) is 38.7 Å². The van der Waals surface area contributed by atoms with Crippen LogP contribution in [0.4, 0.5) is 5.82 Å². The molecule has 0 radical (unpaired) electrons. The van der Waals surface area contributed by atoms with Crippen LogP contribution in [-0.2, 0) is 4.79 Å². The topological polar surface area (TPSA) is 103 Å². The third-order valence-electron chi connectivity index (χ3n) is 7.45. The molecule has 0 saturated carbocycles. The zero-order valence-electron chi connectivity index (χ0n) is 20.3. The van der Waals surface area contributed by atoms with Gasteiger partial charge >= 0.3 is 0 Å². The van der Waals surface area contributed by atoms with Gasteiger partial charge in [-0.1, -0.05) is 30.3 Å². The molecule has 4 aromatic heterocycles. The van der Waals surface area contributed by atoms with Gasteiger partial charge in [-0.2, -0.15) is 5.10 Å². The normalized spacial score (nSPS) is 14.8. The Morgan fingerprint density at radius 3 is 2.59 bits per heavy atom. The van der Waals surface area contributed by atoms with Crippen molar-refractivity contribution in [3.8, 4) is 22.5 Å². The monoisotopic (exact) mass is 491 g/mol. The molecule has 0 aliphatic carbocycles. The Morgan fingerprint density at radius 1 is 0.946 bits per heavy atom. The van der Waals surface area contributed by atoms with Crippen LogP contribution in [0.25, 0.3) is 55.4 Å². The highest BCUT2D eigenvalue weighted by Gasteiger charge is 2.24. The van der Waals surface area contributed by atoms with Crippen LogP contribution < -0.4 is 5.73 Å². The summed E-state index contributed by atoms with van der Waals surface area (Å²) in [6, 6.07) is 16.3.